The first kappa shape index (κ1) is 15.7. The predicted molar refractivity (Wildman–Crippen MR) is 82.0 cm³/mol. The molecule has 0 unspecified atom stereocenters. The summed E-state index contributed by atoms with van der Waals surface area (Å²) in [6, 6.07) is 12.6. The van der Waals surface area contributed by atoms with Gasteiger partial charge in [-0.3, -0.25) is 9.59 Å². The molecule has 0 bridgehead atoms. The van der Waals surface area contributed by atoms with Crippen LogP contribution in [0, 0.1) is 5.82 Å². The number of amides is 2. The topological polar surface area (TPSA) is 49.4 Å². The van der Waals surface area contributed by atoms with Crippen LogP contribution in [0.25, 0.3) is 0 Å². The summed E-state index contributed by atoms with van der Waals surface area (Å²) in [4.78, 5) is 25.2. The largest absolute Gasteiger partial charge is 0.355 e. The van der Waals surface area contributed by atoms with Crippen molar-refractivity contribution in [3.63, 3.8) is 0 Å². The van der Waals surface area contributed by atoms with Gasteiger partial charge in [-0.1, -0.05) is 18.2 Å². The van der Waals surface area contributed by atoms with Crippen molar-refractivity contribution in [2.45, 2.75) is 6.54 Å². The molecule has 5 heteroatoms. The average Bonchev–Trinajstić information content (AvgIpc) is 2.54. The molecule has 1 N–H and O–H groups in total. The molecule has 0 aromatic heterocycles. The molecule has 4 nitrogen and oxygen atoms in total. The molecular weight excluding hydrogens is 283 g/mol. The molecule has 0 fully saturated rings. The minimum atomic E-state index is -0.436. The molecule has 0 aliphatic heterocycles. The number of hydrogen-bond donors (Lipinski definition) is 1. The van der Waals surface area contributed by atoms with Crippen LogP contribution in [0.5, 0.6) is 0 Å². The van der Waals surface area contributed by atoms with Gasteiger partial charge < -0.3 is 10.2 Å². The van der Waals surface area contributed by atoms with Crippen LogP contribution in [0.2, 0.25) is 0 Å². The minimum Gasteiger partial charge on any atom is -0.355 e. The molecule has 2 aromatic carbocycles. The molecule has 2 rings (SSSR count). The van der Waals surface area contributed by atoms with Gasteiger partial charge in [0, 0.05) is 31.8 Å². The van der Waals surface area contributed by atoms with Gasteiger partial charge in [-0.25, -0.2) is 4.39 Å². The highest BCUT2D eigenvalue weighted by atomic mass is 19.1. The SMILES string of the molecule is CNC(=O)c1ccc(CN(C)C(=O)c2cccc(F)c2)cc1. The van der Waals surface area contributed by atoms with E-state index in [2.05, 4.69) is 5.32 Å². The van der Waals surface area contributed by atoms with E-state index in [1.807, 2.05) is 0 Å². The van der Waals surface area contributed by atoms with Gasteiger partial charge >= 0.3 is 0 Å². The van der Waals surface area contributed by atoms with Crippen LogP contribution in [0.1, 0.15) is 26.3 Å². The van der Waals surface area contributed by atoms with Crippen LogP contribution < -0.4 is 5.32 Å². The predicted octanol–water partition coefficient (Wildman–Crippen LogP) is 2.46. The number of carbonyl (C=O) groups excluding carboxylic acids is 2. The highest BCUT2D eigenvalue weighted by molar-refractivity contribution is 5.94. The van der Waals surface area contributed by atoms with E-state index in [9.17, 15) is 14.0 Å². The number of nitrogens with one attached hydrogen (secondary N) is 1. The Kier molecular flexibility index (Phi) is 4.88. The number of rotatable bonds is 4. The van der Waals surface area contributed by atoms with Crippen molar-refractivity contribution in [1.29, 1.82) is 0 Å². The standard InChI is InChI=1S/C17H17FN2O2/c1-19-16(21)13-8-6-12(7-9-13)11-20(2)17(22)14-4-3-5-15(18)10-14/h3-10H,11H2,1-2H3,(H,19,21). The summed E-state index contributed by atoms with van der Waals surface area (Å²) >= 11 is 0. The summed E-state index contributed by atoms with van der Waals surface area (Å²) in [6.07, 6.45) is 0. The monoisotopic (exact) mass is 300 g/mol. The third kappa shape index (κ3) is 3.69. The van der Waals surface area contributed by atoms with Crippen molar-refractivity contribution in [3.05, 3.63) is 71.0 Å². The van der Waals surface area contributed by atoms with Crippen molar-refractivity contribution in [3.8, 4) is 0 Å². The lowest BCUT2D eigenvalue weighted by atomic mass is 10.1. The van der Waals surface area contributed by atoms with E-state index in [0.29, 0.717) is 17.7 Å². The second-order valence-electron chi connectivity index (χ2n) is 4.95. The maximum absolute atomic E-state index is 13.2. The smallest absolute Gasteiger partial charge is 0.253 e. The fourth-order valence-corrected chi connectivity index (χ4v) is 2.09. The molecule has 0 atom stereocenters. The second-order valence-corrected chi connectivity index (χ2v) is 4.95. The van der Waals surface area contributed by atoms with Crippen LogP contribution in [0.15, 0.2) is 48.5 Å². The molecule has 0 heterocycles. The Morgan fingerprint density at radius 1 is 1.09 bits per heavy atom. The number of nitrogens with zero attached hydrogens (tertiary/aromatic N) is 1. The van der Waals surface area contributed by atoms with E-state index in [0.717, 1.165) is 5.56 Å². The molecule has 2 amide bonds. The molecule has 114 valence electrons. The van der Waals surface area contributed by atoms with Gasteiger partial charge in [0.2, 0.25) is 0 Å². The highest BCUT2D eigenvalue weighted by Crippen LogP contribution is 2.11. The van der Waals surface area contributed by atoms with Gasteiger partial charge in [0.1, 0.15) is 5.82 Å². The molecule has 2 aromatic rings. The van der Waals surface area contributed by atoms with Gasteiger partial charge in [-0.05, 0) is 35.9 Å². The third-order valence-electron chi connectivity index (χ3n) is 3.28. The number of benzene rings is 2. The van der Waals surface area contributed by atoms with Crippen LogP contribution in [0.3, 0.4) is 0 Å². The summed E-state index contributed by atoms with van der Waals surface area (Å²) in [6.45, 7) is 0.378. The van der Waals surface area contributed by atoms with Gasteiger partial charge in [0.15, 0.2) is 0 Å². The lowest BCUT2D eigenvalue weighted by Crippen LogP contribution is -2.26. The van der Waals surface area contributed by atoms with Gasteiger partial charge in [0.05, 0.1) is 0 Å². The zero-order chi connectivity index (χ0) is 16.1. The summed E-state index contributed by atoms with van der Waals surface area (Å²) in [5, 5.41) is 2.55. The number of hydrogen-bond acceptors (Lipinski definition) is 2. The Morgan fingerprint density at radius 3 is 2.36 bits per heavy atom. The van der Waals surface area contributed by atoms with Crippen molar-refractivity contribution in [2.75, 3.05) is 14.1 Å². The van der Waals surface area contributed by atoms with Crippen LogP contribution in [-0.2, 0) is 6.54 Å². The van der Waals surface area contributed by atoms with Crippen LogP contribution in [0.4, 0.5) is 4.39 Å². The highest BCUT2D eigenvalue weighted by Gasteiger charge is 2.13. The van der Waals surface area contributed by atoms with Crippen molar-refractivity contribution in [1.82, 2.24) is 10.2 Å². The molecule has 0 aliphatic rings. The maximum Gasteiger partial charge on any atom is 0.253 e. The Morgan fingerprint density at radius 2 is 1.77 bits per heavy atom. The van der Waals surface area contributed by atoms with E-state index < -0.39 is 5.82 Å². The average molecular weight is 300 g/mol. The van der Waals surface area contributed by atoms with Crippen molar-refractivity contribution >= 4 is 11.8 Å². The Balaban J connectivity index is 2.06. The lowest BCUT2D eigenvalue weighted by molar-refractivity contribution is 0.0784. The Hall–Kier alpha value is -2.69. The quantitative estimate of drug-likeness (QED) is 0.943. The number of carbonyl (C=O) groups is 2. The summed E-state index contributed by atoms with van der Waals surface area (Å²) in [5.74, 6) is -0.847. The molecule has 0 spiro atoms. The maximum atomic E-state index is 13.2. The van der Waals surface area contributed by atoms with Crippen molar-refractivity contribution < 1.29 is 14.0 Å². The van der Waals surface area contributed by atoms with Gasteiger partial charge in [0.25, 0.3) is 11.8 Å². The molecule has 0 aliphatic carbocycles. The molecule has 0 radical (unpaired) electrons. The summed E-state index contributed by atoms with van der Waals surface area (Å²) < 4.78 is 13.2. The number of halogens is 1. The van der Waals surface area contributed by atoms with E-state index in [-0.39, 0.29) is 11.8 Å². The van der Waals surface area contributed by atoms with E-state index in [1.54, 1.807) is 44.4 Å². The first-order chi connectivity index (χ1) is 10.5. The van der Waals surface area contributed by atoms with E-state index in [1.165, 1.54) is 23.1 Å². The first-order valence-electron chi connectivity index (χ1n) is 6.83. The van der Waals surface area contributed by atoms with Crippen LogP contribution >= 0.6 is 0 Å². The summed E-state index contributed by atoms with van der Waals surface area (Å²) in [5.41, 5.74) is 1.76. The molecule has 0 saturated heterocycles. The minimum absolute atomic E-state index is 0.157. The van der Waals surface area contributed by atoms with E-state index in [4.69, 9.17) is 0 Å². The molecule has 0 saturated carbocycles. The fraction of sp³-hybridized carbons (Fsp3) is 0.176. The van der Waals surface area contributed by atoms with Crippen LogP contribution in [-0.4, -0.2) is 30.8 Å². The third-order valence-corrected chi connectivity index (χ3v) is 3.28. The van der Waals surface area contributed by atoms with Crippen molar-refractivity contribution in [2.24, 2.45) is 0 Å². The molecule has 22 heavy (non-hydrogen) atoms. The summed E-state index contributed by atoms with van der Waals surface area (Å²) in [7, 11) is 3.22. The first-order valence-corrected chi connectivity index (χ1v) is 6.83. The normalized spacial score (nSPS) is 10.1. The van der Waals surface area contributed by atoms with E-state index >= 15 is 0 Å². The zero-order valence-electron chi connectivity index (χ0n) is 12.5. The van der Waals surface area contributed by atoms with Gasteiger partial charge in [-0.2, -0.15) is 0 Å². The lowest BCUT2D eigenvalue weighted by Gasteiger charge is -2.17. The zero-order valence-corrected chi connectivity index (χ0v) is 12.5. The van der Waals surface area contributed by atoms with Gasteiger partial charge in [-0.15, -0.1) is 0 Å². The molecular formula is C17H17FN2O2. The Labute approximate surface area is 128 Å². The second kappa shape index (κ2) is 6.85. The fourth-order valence-electron chi connectivity index (χ4n) is 2.09. The Bertz CT molecular complexity index is 683.